The van der Waals surface area contributed by atoms with Crippen molar-refractivity contribution in [1.82, 2.24) is 5.32 Å². The van der Waals surface area contributed by atoms with Crippen LogP contribution in [0.3, 0.4) is 0 Å². The van der Waals surface area contributed by atoms with E-state index in [1.807, 2.05) is 13.8 Å². The van der Waals surface area contributed by atoms with Gasteiger partial charge in [0, 0.05) is 18.7 Å². The van der Waals surface area contributed by atoms with Crippen LogP contribution >= 0.6 is 0 Å². The Morgan fingerprint density at radius 3 is 2.53 bits per heavy atom. The van der Waals surface area contributed by atoms with E-state index >= 15 is 0 Å². The van der Waals surface area contributed by atoms with Gasteiger partial charge in [0.25, 0.3) is 5.69 Å². The Morgan fingerprint density at radius 2 is 2.05 bits per heavy atom. The lowest BCUT2D eigenvalue weighted by molar-refractivity contribution is -0.384. The molecule has 0 heterocycles. The normalized spacial score (nSPS) is 8.74. The van der Waals surface area contributed by atoms with Crippen molar-refractivity contribution in [2.45, 2.75) is 20.4 Å². The van der Waals surface area contributed by atoms with Crippen molar-refractivity contribution < 1.29 is 9.72 Å². The van der Waals surface area contributed by atoms with Crippen molar-refractivity contribution in [3.63, 3.8) is 0 Å². The molecular weight excluding hydrogens is 244 g/mol. The molecule has 102 valence electrons. The van der Waals surface area contributed by atoms with Gasteiger partial charge >= 0.3 is 0 Å². The molecule has 0 saturated carbocycles. The van der Waals surface area contributed by atoms with Crippen molar-refractivity contribution in [2.75, 3.05) is 0 Å². The summed E-state index contributed by atoms with van der Waals surface area (Å²) in [4.78, 5) is 21.2. The first kappa shape index (κ1) is 16.6. The maximum Gasteiger partial charge on any atom is 0.269 e. The van der Waals surface area contributed by atoms with Crippen molar-refractivity contribution in [1.29, 1.82) is 0 Å². The highest BCUT2D eigenvalue weighted by molar-refractivity contribution is 5.86. The van der Waals surface area contributed by atoms with E-state index in [1.54, 1.807) is 12.1 Å². The predicted molar refractivity (Wildman–Crippen MR) is 76.6 cm³/mol. The minimum absolute atomic E-state index is 0.0153. The van der Waals surface area contributed by atoms with Crippen LogP contribution < -0.4 is 5.32 Å². The zero-order valence-corrected chi connectivity index (χ0v) is 11.2. The van der Waals surface area contributed by atoms with Crippen LogP contribution in [0, 0.1) is 10.1 Å². The summed E-state index contributed by atoms with van der Waals surface area (Å²) in [7, 11) is 0. The lowest BCUT2D eigenvalue weighted by atomic mass is 10.1. The topological polar surface area (TPSA) is 72.2 Å². The molecule has 1 aromatic rings. The lowest BCUT2D eigenvalue weighted by Crippen LogP contribution is -2.20. The molecule has 0 aromatic heterocycles. The Labute approximate surface area is 112 Å². The van der Waals surface area contributed by atoms with E-state index < -0.39 is 4.92 Å². The number of amides is 1. The maximum atomic E-state index is 11.0. The maximum absolute atomic E-state index is 11.0. The van der Waals surface area contributed by atoms with Gasteiger partial charge in [-0.05, 0) is 23.3 Å². The van der Waals surface area contributed by atoms with Crippen LogP contribution in [0.5, 0.6) is 0 Å². The molecule has 1 aromatic carbocycles. The largest absolute Gasteiger partial charge is 0.348 e. The van der Waals surface area contributed by atoms with E-state index in [0.717, 1.165) is 11.6 Å². The number of hydrogen-bond donors (Lipinski definition) is 1. The SMILES string of the molecule is C=CC(=O)NCc1cc([N+](=O)[O-])ccc1C=C.CC. The molecule has 0 fully saturated rings. The van der Waals surface area contributed by atoms with Crippen LogP contribution in [0.2, 0.25) is 0 Å². The monoisotopic (exact) mass is 262 g/mol. The molecule has 5 nitrogen and oxygen atoms in total. The summed E-state index contributed by atoms with van der Waals surface area (Å²) in [6.07, 6.45) is 2.73. The average molecular weight is 262 g/mol. The highest BCUT2D eigenvalue weighted by Crippen LogP contribution is 2.18. The summed E-state index contributed by atoms with van der Waals surface area (Å²) in [5, 5.41) is 13.2. The highest BCUT2D eigenvalue weighted by Gasteiger charge is 2.09. The van der Waals surface area contributed by atoms with E-state index in [4.69, 9.17) is 0 Å². The van der Waals surface area contributed by atoms with Crippen LogP contribution in [-0.2, 0) is 11.3 Å². The highest BCUT2D eigenvalue weighted by atomic mass is 16.6. The van der Waals surface area contributed by atoms with Crippen LogP contribution in [0.4, 0.5) is 5.69 Å². The molecule has 1 rings (SSSR count). The van der Waals surface area contributed by atoms with Gasteiger partial charge in [0.05, 0.1) is 4.92 Å². The van der Waals surface area contributed by atoms with Crippen LogP contribution in [0.1, 0.15) is 25.0 Å². The number of carbonyl (C=O) groups excluding carboxylic acids is 1. The van der Waals surface area contributed by atoms with Crippen LogP contribution in [0.25, 0.3) is 6.08 Å². The van der Waals surface area contributed by atoms with Gasteiger partial charge in [0.2, 0.25) is 5.91 Å². The molecule has 0 atom stereocenters. The zero-order valence-electron chi connectivity index (χ0n) is 11.2. The minimum Gasteiger partial charge on any atom is -0.348 e. The second-order valence-electron chi connectivity index (χ2n) is 3.27. The molecule has 0 saturated heterocycles. The first-order valence-electron chi connectivity index (χ1n) is 5.88. The third-order valence-electron chi connectivity index (χ3n) is 2.20. The summed E-state index contributed by atoms with van der Waals surface area (Å²) in [5.74, 6) is -0.327. The van der Waals surface area contributed by atoms with E-state index in [9.17, 15) is 14.9 Å². The number of hydrogen-bond acceptors (Lipinski definition) is 3. The molecule has 0 spiro atoms. The van der Waals surface area contributed by atoms with Gasteiger partial charge < -0.3 is 5.32 Å². The fourth-order valence-electron chi connectivity index (χ4n) is 1.31. The van der Waals surface area contributed by atoms with E-state index in [2.05, 4.69) is 18.5 Å². The van der Waals surface area contributed by atoms with Crippen LogP contribution in [-0.4, -0.2) is 10.8 Å². The quantitative estimate of drug-likeness (QED) is 0.503. The zero-order chi connectivity index (χ0) is 14.8. The molecule has 0 aliphatic rings. The first-order valence-corrected chi connectivity index (χ1v) is 5.88. The van der Waals surface area contributed by atoms with Gasteiger partial charge in [0.15, 0.2) is 0 Å². The Morgan fingerprint density at radius 1 is 1.42 bits per heavy atom. The molecule has 0 aliphatic heterocycles. The second kappa shape index (κ2) is 8.63. The van der Waals surface area contributed by atoms with Gasteiger partial charge in [-0.15, -0.1) is 0 Å². The minimum atomic E-state index is -0.480. The molecule has 19 heavy (non-hydrogen) atoms. The summed E-state index contributed by atoms with van der Waals surface area (Å²) in [6, 6.07) is 4.41. The van der Waals surface area contributed by atoms with Crippen LogP contribution in [0.15, 0.2) is 37.4 Å². The molecule has 0 unspecified atom stereocenters. The molecule has 0 bridgehead atoms. The predicted octanol–water partition coefficient (Wildman–Crippen LogP) is 3.07. The molecular formula is C14H18N2O3. The van der Waals surface area contributed by atoms with Gasteiger partial charge in [-0.3, -0.25) is 14.9 Å². The third-order valence-corrected chi connectivity index (χ3v) is 2.20. The second-order valence-corrected chi connectivity index (χ2v) is 3.27. The molecule has 5 heteroatoms. The van der Waals surface area contributed by atoms with Gasteiger partial charge in [-0.25, -0.2) is 0 Å². The van der Waals surface area contributed by atoms with Crippen molar-refractivity contribution in [3.05, 3.63) is 58.7 Å². The fourth-order valence-corrected chi connectivity index (χ4v) is 1.31. The van der Waals surface area contributed by atoms with Gasteiger partial charge in [0.1, 0.15) is 0 Å². The first-order chi connectivity index (χ1) is 9.08. The number of nitrogens with one attached hydrogen (secondary N) is 1. The van der Waals surface area contributed by atoms with Gasteiger partial charge in [-0.2, -0.15) is 0 Å². The number of carbonyl (C=O) groups is 1. The molecule has 1 amide bonds. The molecule has 0 aliphatic carbocycles. The van der Waals surface area contributed by atoms with Gasteiger partial charge in [-0.1, -0.05) is 33.1 Å². The van der Waals surface area contributed by atoms with E-state index in [-0.39, 0.29) is 18.1 Å². The summed E-state index contributed by atoms with van der Waals surface area (Å²) in [5.41, 5.74) is 1.38. The number of benzene rings is 1. The Hall–Kier alpha value is -2.43. The fraction of sp³-hybridized carbons (Fsp3) is 0.214. The standard InChI is InChI=1S/C12H12N2O3.C2H6/c1-3-9-5-6-11(14(16)17)7-10(9)8-13-12(15)4-2;1-2/h3-7H,1-2,8H2,(H,13,15);1-2H3. The molecule has 0 radical (unpaired) electrons. The Kier molecular flexibility index (Phi) is 7.53. The lowest BCUT2D eigenvalue weighted by Gasteiger charge is -2.06. The average Bonchev–Trinajstić information content (AvgIpc) is 2.46. The summed E-state index contributed by atoms with van der Waals surface area (Å²) in [6.45, 7) is 11.1. The van der Waals surface area contributed by atoms with E-state index in [1.165, 1.54) is 12.1 Å². The third kappa shape index (κ3) is 5.16. The number of nitro benzene ring substituents is 1. The molecule has 1 N–H and O–H groups in total. The van der Waals surface area contributed by atoms with Crippen molar-refractivity contribution >= 4 is 17.7 Å². The van der Waals surface area contributed by atoms with E-state index in [0.29, 0.717) is 5.56 Å². The smallest absolute Gasteiger partial charge is 0.269 e. The number of nitrogens with zero attached hydrogens (tertiary/aromatic N) is 1. The van der Waals surface area contributed by atoms with Crippen molar-refractivity contribution in [3.8, 4) is 0 Å². The summed E-state index contributed by atoms with van der Waals surface area (Å²) < 4.78 is 0. The number of non-ortho nitro benzene ring substituents is 1. The Bertz CT molecular complexity index is 482. The number of nitro groups is 1. The van der Waals surface area contributed by atoms with Crippen molar-refractivity contribution in [2.24, 2.45) is 0 Å². The Balaban J connectivity index is 0.00000154. The number of rotatable bonds is 5. The summed E-state index contributed by atoms with van der Waals surface area (Å²) >= 11 is 0.